The molecule has 6 heteroatoms. The van der Waals surface area contributed by atoms with Crippen molar-refractivity contribution in [1.29, 1.82) is 0 Å². The largest absolute Gasteiger partial charge is 0.744 e. The fourth-order valence-electron chi connectivity index (χ4n) is 3.14. The molecule has 0 aliphatic carbocycles. The third kappa shape index (κ3) is 3.69. The first-order valence-corrected chi connectivity index (χ1v) is 10.1. The summed E-state index contributed by atoms with van der Waals surface area (Å²) in [6.07, 6.45) is 0. The Bertz CT molecular complexity index is 1220. The molecule has 0 radical (unpaired) electrons. The summed E-state index contributed by atoms with van der Waals surface area (Å²) in [4.78, 5) is -0.270. The minimum absolute atomic E-state index is 0.226. The SMILES string of the molecule is O=S(=O)([O-])c1c(Nc2ccccc2)c(Nc2ccccc2)cc2ccccc12. The van der Waals surface area contributed by atoms with Crippen LogP contribution in [-0.2, 0) is 10.1 Å². The number of fused-ring (bicyclic) bond motifs is 1. The van der Waals surface area contributed by atoms with E-state index in [0.29, 0.717) is 22.1 Å². The molecule has 4 aromatic rings. The summed E-state index contributed by atoms with van der Waals surface area (Å²) < 4.78 is 36.7. The maximum Gasteiger partial charge on any atom is 0.127 e. The van der Waals surface area contributed by atoms with Gasteiger partial charge in [0.2, 0.25) is 0 Å². The van der Waals surface area contributed by atoms with Crippen molar-refractivity contribution < 1.29 is 13.0 Å². The molecule has 0 unspecified atom stereocenters. The number of hydrogen-bond donors (Lipinski definition) is 2. The summed E-state index contributed by atoms with van der Waals surface area (Å²) in [5, 5.41) is 7.39. The van der Waals surface area contributed by atoms with Crippen molar-refractivity contribution in [3.8, 4) is 0 Å². The molecule has 0 saturated carbocycles. The molecule has 0 heterocycles. The monoisotopic (exact) mass is 389 g/mol. The smallest absolute Gasteiger partial charge is 0.127 e. The van der Waals surface area contributed by atoms with Crippen LogP contribution >= 0.6 is 0 Å². The maximum atomic E-state index is 12.2. The number of anilines is 4. The second-order valence-corrected chi connectivity index (χ2v) is 7.60. The van der Waals surface area contributed by atoms with Crippen LogP contribution in [0.15, 0.2) is 95.9 Å². The van der Waals surface area contributed by atoms with Crippen LogP contribution in [0, 0.1) is 0 Å². The van der Waals surface area contributed by atoms with E-state index in [0.717, 1.165) is 5.69 Å². The third-order valence-corrected chi connectivity index (χ3v) is 5.27. The Morgan fingerprint density at radius 1 is 0.679 bits per heavy atom. The molecule has 0 atom stereocenters. The lowest BCUT2D eigenvalue weighted by atomic mass is 10.1. The first-order chi connectivity index (χ1) is 13.5. The molecule has 140 valence electrons. The highest BCUT2D eigenvalue weighted by Crippen LogP contribution is 2.40. The summed E-state index contributed by atoms with van der Waals surface area (Å²) in [6.45, 7) is 0. The molecule has 2 N–H and O–H groups in total. The van der Waals surface area contributed by atoms with Gasteiger partial charge in [-0.1, -0.05) is 60.7 Å². The van der Waals surface area contributed by atoms with Gasteiger partial charge in [0.1, 0.15) is 10.1 Å². The van der Waals surface area contributed by atoms with Crippen LogP contribution in [0.1, 0.15) is 0 Å². The van der Waals surface area contributed by atoms with Crippen LogP contribution < -0.4 is 10.6 Å². The van der Waals surface area contributed by atoms with Crippen LogP contribution in [0.4, 0.5) is 22.7 Å². The molecule has 0 aromatic heterocycles. The molecule has 28 heavy (non-hydrogen) atoms. The Labute approximate surface area is 163 Å². The maximum absolute atomic E-state index is 12.2. The number of para-hydroxylation sites is 2. The Hall–Kier alpha value is -3.35. The average Bonchev–Trinajstić information content (AvgIpc) is 2.69. The fourth-order valence-corrected chi connectivity index (χ4v) is 4.01. The van der Waals surface area contributed by atoms with E-state index < -0.39 is 10.1 Å². The van der Waals surface area contributed by atoms with E-state index in [-0.39, 0.29) is 10.6 Å². The first kappa shape index (κ1) is 18.0. The Morgan fingerprint density at radius 3 is 1.82 bits per heavy atom. The zero-order chi connectivity index (χ0) is 19.6. The average molecular weight is 389 g/mol. The van der Waals surface area contributed by atoms with Gasteiger partial charge in [0.05, 0.1) is 16.3 Å². The molecule has 4 rings (SSSR count). The molecule has 0 aliphatic heterocycles. The fraction of sp³-hybridized carbons (Fsp3) is 0. The Balaban J connectivity index is 1.99. The van der Waals surface area contributed by atoms with Gasteiger partial charge in [0.15, 0.2) is 0 Å². The second-order valence-electron chi connectivity index (χ2n) is 6.29. The van der Waals surface area contributed by atoms with Crippen molar-refractivity contribution in [2.24, 2.45) is 0 Å². The summed E-state index contributed by atoms with van der Waals surface area (Å²) in [7, 11) is -4.75. The van der Waals surface area contributed by atoms with E-state index in [2.05, 4.69) is 10.6 Å². The topological polar surface area (TPSA) is 81.3 Å². The van der Waals surface area contributed by atoms with Crippen molar-refractivity contribution >= 4 is 43.6 Å². The zero-order valence-electron chi connectivity index (χ0n) is 14.8. The van der Waals surface area contributed by atoms with Gasteiger partial charge in [-0.2, -0.15) is 0 Å². The summed E-state index contributed by atoms with van der Waals surface area (Å²) in [5.41, 5.74) is 2.19. The number of rotatable bonds is 5. The minimum Gasteiger partial charge on any atom is -0.744 e. The van der Waals surface area contributed by atoms with Crippen molar-refractivity contribution in [1.82, 2.24) is 0 Å². The molecule has 0 aliphatic rings. The summed E-state index contributed by atoms with van der Waals surface area (Å²) >= 11 is 0. The minimum atomic E-state index is -4.75. The van der Waals surface area contributed by atoms with Crippen molar-refractivity contribution in [2.75, 3.05) is 10.6 Å². The molecule has 5 nitrogen and oxygen atoms in total. The molecule has 0 saturated heterocycles. The zero-order valence-corrected chi connectivity index (χ0v) is 15.6. The highest BCUT2D eigenvalue weighted by atomic mass is 32.2. The highest BCUT2D eigenvalue weighted by Gasteiger charge is 2.19. The van der Waals surface area contributed by atoms with E-state index >= 15 is 0 Å². The van der Waals surface area contributed by atoms with E-state index in [1.54, 1.807) is 24.3 Å². The highest BCUT2D eigenvalue weighted by molar-refractivity contribution is 7.86. The van der Waals surface area contributed by atoms with Crippen LogP contribution in [0.3, 0.4) is 0 Å². The number of benzene rings is 4. The van der Waals surface area contributed by atoms with Crippen LogP contribution in [0.2, 0.25) is 0 Å². The summed E-state index contributed by atoms with van der Waals surface area (Å²) in [5.74, 6) is 0. The van der Waals surface area contributed by atoms with Gasteiger partial charge in [-0.25, -0.2) is 8.42 Å². The lowest BCUT2D eigenvalue weighted by Crippen LogP contribution is -2.08. The lowest BCUT2D eigenvalue weighted by Gasteiger charge is -2.22. The van der Waals surface area contributed by atoms with Crippen molar-refractivity contribution in [3.63, 3.8) is 0 Å². The molecule has 0 amide bonds. The predicted octanol–water partition coefficient (Wildman–Crippen LogP) is 5.23. The molecule has 0 spiro atoms. The van der Waals surface area contributed by atoms with Gasteiger partial charge in [-0.3, -0.25) is 0 Å². The van der Waals surface area contributed by atoms with E-state index in [4.69, 9.17) is 0 Å². The second kappa shape index (κ2) is 7.34. The van der Waals surface area contributed by atoms with E-state index in [1.807, 2.05) is 66.7 Å². The quantitative estimate of drug-likeness (QED) is 0.457. The van der Waals surface area contributed by atoms with E-state index in [9.17, 15) is 13.0 Å². The molecular formula is C22H17N2O3S-. The molecule has 0 bridgehead atoms. The Morgan fingerprint density at radius 2 is 1.21 bits per heavy atom. The molecule has 4 aromatic carbocycles. The van der Waals surface area contributed by atoms with E-state index in [1.165, 1.54) is 0 Å². The van der Waals surface area contributed by atoms with Crippen LogP contribution in [0.25, 0.3) is 10.8 Å². The standard InChI is InChI=1S/C22H18N2O3S/c25-28(26,27)22-19-14-8-7-9-16(19)15-20(23-17-10-3-1-4-11-17)21(22)24-18-12-5-2-6-13-18/h1-15,23-24H,(H,25,26,27)/p-1. The summed E-state index contributed by atoms with van der Waals surface area (Å²) in [6, 6.07) is 27.3. The van der Waals surface area contributed by atoms with Gasteiger partial charge in [-0.05, 0) is 35.7 Å². The van der Waals surface area contributed by atoms with Gasteiger partial charge >= 0.3 is 0 Å². The number of nitrogens with one attached hydrogen (secondary N) is 2. The third-order valence-electron chi connectivity index (χ3n) is 4.35. The molecular weight excluding hydrogens is 372 g/mol. The van der Waals surface area contributed by atoms with Gasteiger partial charge in [-0.15, -0.1) is 0 Å². The van der Waals surface area contributed by atoms with Crippen LogP contribution in [0.5, 0.6) is 0 Å². The normalized spacial score (nSPS) is 11.3. The van der Waals surface area contributed by atoms with Gasteiger partial charge in [0, 0.05) is 16.8 Å². The van der Waals surface area contributed by atoms with Crippen LogP contribution in [-0.4, -0.2) is 13.0 Å². The first-order valence-electron chi connectivity index (χ1n) is 8.68. The lowest BCUT2D eigenvalue weighted by molar-refractivity contribution is 0.464. The molecule has 0 fully saturated rings. The van der Waals surface area contributed by atoms with Crippen molar-refractivity contribution in [2.45, 2.75) is 4.90 Å². The van der Waals surface area contributed by atoms with Crippen molar-refractivity contribution in [3.05, 3.63) is 91.0 Å². The van der Waals surface area contributed by atoms with Gasteiger partial charge in [0.25, 0.3) is 0 Å². The van der Waals surface area contributed by atoms with Gasteiger partial charge < -0.3 is 15.2 Å². The predicted molar refractivity (Wildman–Crippen MR) is 111 cm³/mol. The Kier molecular flexibility index (Phi) is 4.73. The number of hydrogen-bond acceptors (Lipinski definition) is 5.